The van der Waals surface area contributed by atoms with Crippen LogP contribution < -0.4 is 5.32 Å². The summed E-state index contributed by atoms with van der Waals surface area (Å²) in [5.74, 6) is 4.06. The van der Waals surface area contributed by atoms with Gasteiger partial charge < -0.3 is 9.88 Å². The minimum atomic E-state index is 0.338. The van der Waals surface area contributed by atoms with Crippen molar-refractivity contribution in [3.63, 3.8) is 0 Å². The smallest absolute Gasteiger partial charge is 0.150 e. The molecule has 1 aromatic heterocycles. The minimum absolute atomic E-state index is 0.338. The Kier molecular flexibility index (Phi) is 2.92. The monoisotopic (exact) mass is 274 g/mol. The summed E-state index contributed by atoms with van der Waals surface area (Å²) in [5, 5.41) is 12.1. The van der Waals surface area contributed by atoms with Gasteiger partial charge in [-0.25, -0.2) is 0 Å². The van der Waals surface area contributed by atoms with E-state index in [1.807, 2.05) is 13.4 Å². The van der Waals surface area contributed by atoms with E-state index >= 15 is 0 Å². The van der Waals surface area contributed by atoms with Gasteiger partial charge in [-0.3, -0.25) is 0 Å². The second-order valence-corrected chi connectivity index (χ2v) is 7.45. The third-order valence-corrected chi connectivity index (χ3v) is 6.16. The van der Waals surface area contributed by atoms with Gasteiger partial charge in [0, 0.05) is 5.54 Å². The molecule has 0 amide bonds. The van der Waals surface area contributed by atoms with Crippen molar-refractivity contribution < 1.29 is 0 Å². The van der Waals surface area contributed by atoms with Crippen molar-refractivity contribution in [1.29, 1.82) is 0 Å². The number of rotatable bonds is 4. The third kappa shape index (κ3) is 1.77. The zero-order valence-electron chi connectivity index (χ0n) is 12.7. The fourth-order valence-electron chi connectivity index (χ4n) is 5.72. The Balaban J connectivity index is 1.72. The highest BCUT2D eigenvalue weighted by Crippen LogP contribution is 2.59. The van der Waals surface area contributed by atoms with Gasteiger partial charge in [0.1, 0.15) is 12.2 Å². The molecule has 20 heavy (non-hydrogen) atoms. The molecule has 110 valence electrons. The normalized spacial score (nSPS) is 40.2. The summed E-state index contributed by atoms with van der Waals surface area (Å²) in [6.45, 7) is 2.22. The summed E-state index contributed by atoms with van der Waals surface area (Å²) in [5.41, 5.74) is 0.345. The van der Waals surface area contributed by atoms with Crippen LogP contribution in [-0.2, 0) is 5.54 Å². The molecule has 1 heterocycles. The largest absolute Gasteiger partial charge is 0.310 e. The predicted molar refractivity (Wildman–Crippen MR) is 78.3 cm³/mol. The molecule has 0 aliphatic heterocycles. The first-order valence-electron chi connectivity index (χ1n) is 8.31. The van der Waals surface area contributed by atoms with Gasteiger partial charge in [-0.2, -0.15) is 0 Å². The molecule has 4 heteroatoms. The Bertz CT molecular complexity index is 453. The van der Waals surface area contributed by atoms with Crippen LogP contribution >= 0.6 is 0 Å². The molecule has 4 bridgehead atoms. The number of hydrogen-bond acceptors (Lipinski definition) is 3. The minimum Gasteiger partial charge on any atom is -0.310 e. The second kappa shape index (κ2) is 4.55. The van der Waals surface area contributed by atoms with Crippen LogP contribution in [0.25, 0.3) is 0 Å². The van der Waals surface area contributed by atoms with Crippen LogP contribution in [-0.4, -0.2) is 21.8 Å². The number of nitrogens with one attached hydrogen (secondary N) is 1. The van der Waals surface area contributed by atoms with Crippen LogP contribution in [0.2, 0.25) is 0 Å². The van der Waals surface area contributed by atoms with Crippen LogP contribution in [0.15, 0.2) is 6.33 Å². The van der Waals surface area contributed by atoms with Gasteiger partial charge in [0.25, 0.3) is 0 Å². The average molecular weight is 274 g/mol. The molecule has 1 N–H and O–H groups in total. The van der Waals surface area contributed by atoms with Crippen molar-refractivity contribution in [3.8, 4) is 0 Å². The highest BCUT2D eigenvalue weighted by Gasteiger charge is 2.52. The Morgan fingerprint density at radius 2 is 1.85 bits per heavy atom. The van der Waals surface area contributed by atoms with Gasteiger partial charge in [-0.1, -0.05) is 6.92 Å². The van der Waals surface area contributed by atoms with Crippen LogP contribution in [0.1, 0.15) is 63.7 Å². The number of nitrogens with zero attached hydrogens (tertiary/aromatic N) is 3. The Morgan fingerprint density at radius 3 is 2.35 bits per heavy atom. The van der Waals surface area contributed by atoms with Crippen molar-refractivity contribution in [3.05, 3.63) is 12.2 Å². The Labute approximate surface area is 121 Å². The highest BCUT2D eigenvalue weighted by molar-refractivity contribution is 5.10. The van der Waals surface area contributed by atoms with Gasteiger partial charge in [0.15, 0.2) is 0 Å². The Morgan fingerprint density at radius 1 is 1.25 bits per heavy atom. The molecular weight excluding hydrogens is 248 g/mol. The third-order valence-electron chi connectivity index (χ3n) is 6.16. The van der Waals surface area contributed by atoms with E-state index in [1.165, 1.54) is 38.5 Å². The van der Waals surface area contributed by atoms with Gasteiger partial charge >= 0.3 is 0 Å². The first kappa shape index (κ1) is 12.8. The standard InChI is InChI=1S/C16H26N4/c1-3-14(17-2)15-19-18-10-20(15)16-7-11-4-12(8-16)6-13(5-11)9-16/h10-14,17H,3-9H2,1-2H3. The maximum atomic E-state index is 4.47. The molecule has 5 rings (SSSR count). The summed E-state index contributed by atoms with van der Waals surface area (Å²) < 4.78 is 2.47. The van der Waals surface area contributed by atoms with Crippen LogP contribution in [0.3, 0.4) is 0 Å². The predicted octanol–water partition coefficient (Wildman–Crippen LogP) is 2.87. The maximum absolute atomic E-state index is 4.47. The first-order chi connectivity index (χ1) is 9.74. The van der Waals surface area contributed by atoms with Gasteiger partial charge in [0.05, 0.1) is 6.04 Å². The molecule has 1 unspecified atom stereocenters. The lowest BCUT2D eigenvalue weighted by Gasteiger charge is -2.57. The van der Waals surface area contributed by atoms with E-state index in [2.05, 4.69) is 27.0 Å². The lowest BCUT2D eigenvalue weighted by Crippen LogP contribution is -2.52. The molecule has 0 radical (unpaired) electrons. The molecule has 1 aromatic rings. The molecule has 0 aromatic carbocycles. The summed E-state index contributed by atoms with van der Waals surface area (Å²) in [6, 6.07) is 0.338. The number of aromatic nitrogens is 3. The summed E-state index contributed by atoms with van der Waals surface area (Å²) in [6.07, 6.45) is 11.6. The molecule has 4 nitrogen and oxygen atoms in total. The van der Waals surface area contributed by atoms with E-state index in [-0.39, 0.29) is 0 Å². The molecule has 4 saturated carbocycles. The van der Waals surface area contributed by atoms with Crippen LogP contribution in [0.5, 0.6) is 0 Å². The average Bonchev–Trinajstić information content (AvgIpc) is 2.89. The maximum Gasteiger partial charge on any atom is 0.150 e. The lowest BCUT2D eigenvalue weighted by molar-refractivity contribution is -0.0452. The molecule has 4 aliphatic rings. The summed E-state index contributed by atoms with van der Waals surface area (Å²) in [4.78, 5) is 0. The first-order valence-corrected chi connectivity index (χ1v) is 8.31. The Hall–Kier alpha value is -0.900. The molecule has 0 spiro atoms. The van der Waals surface area contributed by atoms with Gasteiger partial charge in [-0.05, 0) is 69.7 Å². The van der Waals surface area contributed by atoms with Crippen molar-refractivity contribution in [2.24, 2.45) is 17.8 Å². The van der Waals surface area contributed by atoms with Crippen LogP contribution in [0, 0.1) is 17.8 Å². The van der Waals surface area contributed by atoms with Crippen molar-refractivity contribution in [1.82, 2.24) is 20.1 Å². The SMILES string of the molecule is CCC(NC)c1nncn1C12CC3CC(CC(C3)C1)C2. The van der Waals surface area contributed by atoms with Crippen molar-refractivity contribution in [2.45, 2.75) is 63.5 Å². The van der Waals surface area contributed by atoms with E-state index < -0.39 is 0 Å². The highest BCUT2D eigenvalue weighted by atomic mass is 15.3. The molecule has 1 atom stereocenters. The zero-order chi connectivity index (χ0) is 13.7. The fraction of sp³-hybridized carbons (Fsp3) is 0.875. The lowest BCUT2D eigenvalue weighted by atomic mass is 9.53. The molecular formula is C16H26N4. The zero-order valence-corrected chi connectivity index (χ0v) is 12.7. The quantitative estimate of drug-likeness (QED) is 0.918. The second-order valence-electron chi connectivity index (χ2n) is 7.45. The van der Waals surface area contributed by atoms with E-state index in [1.54, 1.807) is 0 Å². The number of hydrogen-bond donors (Lipinski definition) is 1. The van der Waals surface area contributed by atoms with E-state index in [0.29, 0.717) is 11.6 Å². The summed E-state index contributed by atoms with van der Waals surface area (Å²) in [7, 11) is 2.03. The summed E-state index contributed by atoms with van der Waals surface area (Å²) >= 11 is 0. The fourth-order valence-corrected chi connectivity index (χ4v) is 5.72. The van der Waals surface area contributed by atoms with E-state index in [0.717, 1.165) is 30.0 Å². The van der Waals surface area contributed by atoms with Crippen molar-refractivity contribution >= 4 is 0 Å². The van der Waals surface area contributed by atoms with Gasteiger partial charge in [-0.15, -0.1) is 10.2 Å². The van der Waals surface area contributed by atoms with Crippen LogP contribution in [0.4, 0.5) is 0 Å². The van der Waals surface area contributed by atoms with E-state index in [4.69, 9.17) is 0 Å². The van der Waals surface area contributed by atoms with Gasteiger partial charge in [0.2, 0.25) is 0 Å². The molecule has 4 fully saturated rings. The van der Waals surface area contributed by atoms with Crippen molar-refractivity contribution in [2.75, 3.05) is 7.05 Å². The van der Waals surface area contributed by atoms with E-state index in [9.17, 15) is 0 Å². The topological polar surface area (TPSA) is 42.7 Å². The molecule has 0 saturated heterocycles. The molecule has 4 aliphatic carbocycles.